The number of benzene rings is 2. The van der Waals surface area contributed by atoms with Crippen LogP contribution in [-0.2, 0) is 0 Å². The van der Waals surface area contributed by atoms with Gasteiger partial charge in [0.15, 0.2) is 0 Å². The molecule has 4 nitrogen and oxygen atoms in total. The Kier molecular flexibility index (Phi) is 4.95. The van der Waals surface area contributed by atoms with Gasteiger partial charge in [0.25, 0.3) is 5.91 Å². The number of hydrogen-bond donors (Lipinski definition) is 2. The summed E-state index contributed by atoms with van der Waals surface area (Å²) in [6.07, 6.45) is 0.702. The van der Waals surface area contributed by atoms with E-state index in [0.29, 0.717) is 25.1 Å². The Labute approximate surface area is 124 Å². The van der Waals surface area contributed by atoms with Crippen molar-refractivity contribution in [3.63, 3.8) is 0 Å². The molecular weight excluding hydrogens is 264 g/mol. The Morgan fingerprint density at radius 3 is 2.48 bits per heavy atom. The van der Waals surface area contributed by atoms with Gasteiger partial charge in [0.05, 0.1) is 5.56 Å². The normalized spacial score (nSPS) is 10.4. The van der Waals surface area contributed by atoms with E-state index in [9.17, 15) is 9.90 Å². The molecule has 4 heteroatoms. The number of aryl methyl sites for hydroxylation is 1. The van der Waals surface area contributed by atoms with Crippen molar-refractivity contribution < 1.29 is 9.90 Å². The zero-order chi connectivity index (χ0) is 15.2. The second-order valence-electron chi connectivity index (χ2n) is 4.90. The van der Waals surface area contributed by atoms with Crippen LogP contribution in [0.15, 0.2) is 48.5 Å². The van der Waals surface area contributed by atoms with Crippen molar-refractivity contribution in [3.8, 4) is 5.75 Å². The fourth-order valence-corrected chi connectivity index (χ4v) is 2.25. The molecule has 2 rings (SSSR count). The first-order chi connectivity index (χ1) is 10.1. The highest BCUT2D eigenvalue weighted by molar-refractivity contribution is 6.08. The molecule has 0 aliphatic heterocycles. The molecule has 2 aromatic rings. The van der Waals surface area contributed by atoms with Gasteiger partial charge in [-0.25, -0.2) is 0 Å². The lowest BCUT2D eigenvalue weighted by atomic mass is 10.1. The van der Waals surface area contributed by atoms with Crippen molar-refractivity contribution in [2.45, 2.75) is 13.3 Å². The molecule has 0 radical (unpaired) electrons. The summed E-state index contributed by atoms with van der Waals surface area (Å²) >= 11 is 0. The molecule has 1 amide bonds. The van der Waals surface area contributed by atoms with E-state index in [0.717, 1.165) is 11.3 Å². The summed E-state index contributed by atoms with van der Waals surface area (Å²) in [4.78, 5) is 14.4. The van der Waals surface area contributed by atoms with Crippen LogP contribution in [0.2, 0.25) is 0 Å². The molecule has 0 saturated carbocycles. The van der Waals surface area contributed by atoms with Gasteiger partial charge < -0.3 is 15.7 Å². The molecule has 0 saturated heterocycles. The monoisotopic (exact) mass is 284 g/mol. The van der Waals surface area contributed by atoms with Gasteiger partial charge >= 0.3 is 0 Å². The van der Waals surface area contributed by atoms with Crippen LogP contribution in [0, 0.1) is 6.92 Å². The Balaban J connectivity index is 2.39. The number of carbonyl (C=O) groups excluding carboxylic acids is 1. The highest BCUT2D eigenvalue weighted by Gasteiger charge is 2.20. The van der Waals surface area contributed by atoms with E-state index < -0.39 is 0 Å². The zero-order valence-electron chi connectivity index (χ0n) is 12.1. The van der Waals surface area contributed by atoms with Gasteiger partial charge in [0.2, 0.25) is 0 Å². The number of para-hydroxylation sites is 2. The summed E-state index contributed by atoms with van der Waals surface area (Å²) in [6.45, 7) is 2.99. The molecule has 3 N–H and O–H groups in total. The summed E-state index contributed by atoms with van der Waals surface area (Å²) in [5.41, 5.74) is 7.74. The van der Waals surface area contributed by atoms with E-state index >= 15 is 0 Å². The summed E-state index contributed by atoms with van der Waals surface area (Å²) in [7, 11) is 0. The molecule has 0 spiro atoms. The minimum absolute atomic E-state index is 0.00571. The first-order valence-electron chi connectivity index (χ1n) is 7.00. The van der Waals surface area contributed by atoms with Gasteiger partial charge in [-0.15, -0.1) is 0 Å². The molecule has 0 atom stereocenters. The lowest BCUT2D eigenvalue weighted by Gasteiger charge is -2.24. The topological polar surface area (TPSA) is 66.6 Å². The number of rotatable bonds is 5. The third-order valence-electron chi connectivity index (χ3n) is 3.37. The van der Waals surface area contributed by atoms with Crippen LogP contribution in [0.3, 0.4) is 0 Å². The largest absolute Gasteiger partial charge is 0.507 e. The van der Waals surface area contributed by atoms with E-state index in [1.165, 1.54) is 6.07 Å². The van der Waals surface area contributed by atoms with Crippen LogP contribution in [0.4, 0.5) is 5.69 Å². The van der Waals surface area contributed by atoms with Gasteiger partial charge in [-0.2, -0.15) is 0 Å². The van der Waals surface area contributed by atoms with Crippen molar-refractivity contribution in [1.82, 2.24) is 0 Å². The zero-order valence-corrected chi connectivity index (χ0v) is 12.1. The van der Waals surface area contributed by atoms with Crippen molar-refractivity contribution in [1.29, 1.82) is 0 Å². The maximum Gasteiger partial charge on any atom is 0.262 e. The first-order valence-corrected chi connectivity index (χ1v) is 7.00. The van der Waals surface area contributed by atoms with Crippen LogP contribution in [0.1, 0.15) is 22.3 Å². The van der Waals surface area contributed by atoms with Gasteiger partial charge in [-0.05, 0) is 43.7 Å². The number of amides is 1. The number of phenolic OH excluding ortho intramolecular Hbond substituents is 1. The molecule has 0 aliphatic rings. The molecule has 0 aromatic heterocycles. The number of carbonyl (C=O) groups is 1. The third-order valence-corrected chi connectivity index (χ3v) is 3.37. The quantitative estimate of drug-likeness (QED) is 0.887. The maximum absolute atomic E-state index is 12.7. The fraction of sp³-hybridized carbons (Fsp3) is 0.235. The summed E-state index contributed by atoms with van der Waals surface area (Å²) in [6, 6.07) is 14.3. The highest BCUT2D eigenvalue weighted by atomic mass is 16.3. The SMILES string of the molecule is Cc1ccccc1N(CCCN)C(=O)c1ccccc1O. The number of hydrogen-bond acceptors (Lipinski definition) is 3. The standard InChI is InChI=1S/C17H20N2O2/c1-13-7-2-4-9-15(13)19(12-6-11-18)17(21)14-8-3-5-10-16(14)20/h2-5,7-10,20H,6,11-12,18H2,1H3. The minimum Gasteiger partial charge on any atom is -0.507 e. The predicted molar refractivity (Wildman–Crippen MR) is 84.6 cm³/mol. The van der Waals surface area contributed by atoms with Crippen LogP contribution < -0.4 is 10.6 Å². The molecule has 110 valence electrons. The fourth-order valence-electron chi connectivity index (χ4n) is 2.25. The van der Waals surface area contributed by atoms with Gasteiger partial charge in [-0.1, -0.05) is 30.3 Å². The summed E-state index contributed by atoms with van der Waals surface area (Å²) in [5.74, 6) is -0.218. The lowest BCUT2D eigenvalue weighted by molar-refractivity contribution is 0.0984. The van der Waals surface area contributed by atoms with Crippen LogP contribution in [0.5, 0.6) is 5.75 Å². The molecular formula is C17H20N2O2. The Hall–Kier alpha value is -2.33. The molecule has 0 bridgehead atoms. The predicted octanol–water partition coefficient (Wildman–Crippen LogP) is 2.70. The number of aromatic hydroxyl groups is 1. The second kappa shape index (κ2) is 6.90. The van der Waals surface area contributed by atoms with E-state index in [2.05, 4.69) is 0 Å². The van der Waals surface area contributed by atoms with Crippen molar-refractivity contribution in [3.05, 3.63) is 59.7 Å². The average molecular weight is 284 g/mol. The van der Waals surface area contributed by atoms with Crippen LogP contribution in [0.25, 0.3) is 0 Å². The van der Waals surface area contributed by atoms with Crippen LogP contribution >= 0.6 is 0 Å². The highest BCUT2D eigenvalue weighted by Crippen LogP contribution is 2.25. The Bertz CT molecular complexity index is 626. The van der Waals surface area contributed by atoms with Crippen LogP contribution in [-0.4, -0.2) is 24.1 Å². The lowest BCUT2D eigenvalue weighted by Crippen LogP contribution is -2.33. The van der Waals surface area contributed by atoms with E-state index in [1.807, 2.05) is 31.2 Å². The Morgan fingerprint density at radius 2 is 1.81 bits per heavy atom. The summed E-state index contributed by atoms with van der Waals surface area (Å²) < 4.78 is 0. The molecule has 0 unspecified atom stereocenters. The summed E-state index contributed by atoms with van der Waals surface area (Å²) in [5, 5.41) is 9.90. The van der Waals surface area contributed by atoms with Gasteiger partial charge in [0, 0.05) is 12.2 Å². The number of nitrogens with zero attached hydrogens (tertiary/aromatic N) is 1. The molecule has 0 fully saturated rings. The van der Waals surface area contributed by atoms with Gasteiger partial charge in [0.1, 0.15) is 5.75 Å². The molecule has 0 heterocycles. The maximum atomic E-state index is 12.7. The van der Waals surface area contributed by atoms with Crippen molar-refractivity contribution in [2.75, 3.05) is 18.0 Å². The Morgan fingerprint density at radius 1 is 1.14 bits per heavy atom. The third kappa shape index (κ3) is 3.41. The number of anilines is 1. The smallest absolute Gasteiger partial charge is 0.262 e. The molecule has 0 aliphatic carbocycles. The minimum atomic E-state index is -0.212. The number of nitrogens with two attached hydrogens (primary N) is 1. The van der Waals surface area contributed by atoms with Gasteiger partial charge in [-0.3, -0.25) is 4.79 Å². The first kappa shape index (κ1) is 15.1. The van der Waals surface area contributed by atoms with E-state index in [1.54, 1.807) is 23.1 Å². The number of phenols is 1. The molecule has 21 heavy (non-hydrogen) atoms. The average Bonchev–Trinajstić information content (AvgIpc) is 2.49. The van der Waals surface area contributed by atoms with Crippen molar-refractivity contribution in [2.24, 2.45) is 5.73 Å². The molecule has 2 aromatic carbocycles. The van der Waals surface area contributed by atoms with Crippen molar-refractivity contribution >= 4 is 11.6 Å². The van der Waals surface area contributed by atoms with E-state index in [-0.39, 0.29) is 11.7 Å². The second-order valence-corrected chi connectivity index (χ2v) is 4.90. The van der Waals surface area contributed by atoms with E-state index in [4.69, 9.17) is 5.73 Å².